The van der Waals surface area contributed by atoms with Crippen LogP contribution in [-0.2, 0) is 0 Å². The Kier molecular flexibility index (Phi) is 3.45. The quantitative estimate of drug-likeness (QED) is 0.750. The van der Waals surface area contributed by atoms with E-state index in [1.54, 1.807) is 4.90 Å². The second-order valence-corrected chi connectivity index (χ2v) is 5.09. The molecule has 1 spiro atoms. The summed E-state index contributed by atoms with van der Waals surface area (Å²) in [6.07, 6.45) is 1.51. The molecule has 0 amide bonds. The van der Waals surface area contributed by atoms with Gasteiger partial charge in [-0.25, -0.2) is 0 Å². The summed E-state index contributed by atoms with van der Waals surface area (Å²) >= 11 is 0. The molecule has 0 aromatic rings. The molecule has 2 rings (SSSR count). The standard InChI is InChI=1S/C11H19F3N2/c12-11(13,14)9-16-7-6-15-10(8-16)4-2-1-3-5-10/h15H,1-9H2. The second kappa shape index (κ2) is 4.53. The van der Waals surface area contributed by atoms with Gasteiger partial charge in [-0.3, -0.25) is 4.90 Å². The molecule has 5 heteroatoms. The maximum absolute atomic E-state index is 12.3. The average Bonchev–Trinajstić information content (AvgIpc) is 2.16. The number of nitrogens with one attached hydrogen (secondary N) is 1. The van der Waals surface area contributed by atoms with Crippen LogP contribution < -0.4 is 5.32 Å². The molecule has 0 atom stereocenters. The van der Waals surface area contributed by atoms with E-state index in [1.165, 1.54) is 6.42 Å². The SMILES string of the molecule is FC(F)(F)CN1CCNC2(CCCCC2)C1. The Labute approximate surface area is 94.2 Å². The largest absolute Gasteiger partial charge is 0.401 e. The van der Waals surface area contributed by atoms with Crippen molar-refractivity contribution in [2.45, 2.75) is 43.8 Å². The molecular formula is C11H19F3N2. The molecule has 0 aromatic carbocycles. The average molecular weight is 236 g/mol. The van der Waals surface area contributed by atoms with Crippen molar-refractivity contribution in [2.75, 3.05) is 26.2 Å². The van der Waals surface area contributed by atoms with Crippen LogP contribution in [0.1, 0.15) is 32.1 Å². The molecular weight excluding hydrogens is 217 g/mol. The van der Waals surface area contributed by atoms with Crippen LogP contribution in [-0.4, -0.2) is 42.8 Å². The van der Waals surface area contributed by atoms with Gasteiger partial charge >= 0.3 is 6.18 Å². The first-order chi connectivity index (χ1) is 7.49. The minimum atomic E-state index is -4.06. The Balaban J connectivity index is 1.92. The molecule has 0 unspecified atom stereocenters. The van der Waals surface area contributed by atoms with Gasteiger partial charge in [-0.05, 0) is 12.8 Å². The zero-order valence-corrected chi connectivity index (χ0v) is 9.45. The summed E-state index contributed by atoms with van der Waals surface area (Å²) in [6, 6.07) is 0. The molecule has 1 aliphatic carbocycles. The fourth-order valence-electron chi connectivity index (χ4n) is 2.99. The summed E-state index contributed by atoms with van der Waals surface area (Å²) in [5.74, 6) is 0. The Hall–Kier alpha value is -0.290. The molecule has 2 aliphatic rings. The van der Waals surface area contributed by atoms with Crippen molar-refractivity contribution in [1.29, 1.82) is 0 Å². The lowest BCUT2D eigenvalue weighted by Crippen LogP contribution is -2.62. The predicted molar refractivity (Wildman–Crippen MR) is 56.3 cm³/mol. The molecule has 2 nitrogen and oxygen atoms in total. The van der Waals surface area contributed by atoms with Gasteiger partial charge in [-0.15, -0.1) is 0 Å². The van der Waals surface area contributed by atoms with Crippen molar-refractivity contribution in [2.24, 2.45) is 0 Å². The lowest BCUT2D eigenvalue weighted by molar-refractivity contribution is -0.151. The number of hydrogen-bond donors (Lipinski definition) is 1. The van der Waals surface area contributed by atoms with Crippen LogP contribution in [0.15, 0.2) is 0 Å². The molecule has 1 saturated heterocycles. The van der Waals surface area contributed by atoms with Gasteiger partial charge in [0.15, 0.2) is 0 Å². The number of rotatable bonds is 1. The molecule has 2 fully saturated rings. The number of hydrogen-bond acceptors (Lipinski definition) is 2. The van der Waals surface area contributed by atoms with Crippen LogP contribution in [0, 0.1) is 0 Å². The summed E-state index contributed by atoms with van der Waals surface area (Å²) < 4.78 is 37.0. The number of nitrogens with zero attached hydrogens (tertiary/aromatic N) is 1. The smallest absolute Gasteiger partial charge is 0.309 e. The van der Waals surface area contributed by atoms with Crippen molar-refractivity contribution < 1.29 is 13.2 Å². The Morgan fingerprint density at radius 2 is 1.81 bits per heavy atom. The van der Waals surface area contributed by atoms with Crippen LogP contribution in [0.2, 0.25) is 0 Å². The molecule has 16 heavy (non-hydrogen) atoms. The zero-order chi connectivity index (χ0) is 11.6. The van der Waals surface area contributed by atoms with E-state index < -0.39 is 12.7 Å². The Bertz CT molecular complexity index is 228. The van der Waals surface area contributed by atoms with E-state index in [2.05, 4.69) is 5.32 Å². The first-order valence-electron chi connectivity index (χ1n) is 6.03. The first-order valence-corrected chi connectivity index (χ1v) is 6.03. The molecule has 1 heterocycles. The van der Waals surface area contributed by atoms with Crippen molar-refractivity contribution in [3.8, 4) is 0 Å². The van der Waals surface area contributed by atoms with Gasteiger partial charge in [0.25, 0.3) is 0 Å². The van der Waals surface area contributed by atoms with Gasteiger partial charge in [0, 0.05) is 25.2 Å². The van der Waals surface area contributed by atoms with E-state index in [-0.39, 0.29) is 5.54 Å². The number of halogens is 3. The molecule has 94 valence electrons. The molecule has 0 aromatic heterocycles. The van der Waals surface area contributed by atoms with Gasteiger partial charge < -0.3 is 5.32 Å². The zero-order valence-electron chi connectivity index (χ0n) is 9.45. The van der Waals surface area contributed by atoms with E-state index in [1.807, 2.05) is 0 Å². The molecule has 0 bridgehead atoms. The predicted octanol–water partition coefficient (Wildman–Crippen LogP) is 2.16. The van der Waals surface area contributed by atoms with Gasteiger partial charge in [-0.1, -0.05) is 19.3 Å². The van der Waals surface area contributed by atoms with Crippen molar-refractivity contribution in [3.05, 3.63) is 0 Å². The first kappa shape index (κ1) is 12.2. The third-order valence-electron chi connectivity index (χ3n) is 3.67. The van der Waals surface area contributed by atoms with E-state index in [4.69, 9.17) is 0 Å². The molecule has 1 aliphatic heterocycles. The highest BCUT2D eigenvalue weighted by Crippen LogP contribution is 2.31. The molecule has 1 N–H and O–H groups in total. The number of alkyl halides is 3. The highest BCUT2D eigenvalue weighted by molar-refractivity contribution is 4.96. The number of piperazine rings is 1. The monoisotopic (exact) mass is 236 g/mol. The summed E-state index contributed by atoms with van der Waals surface area (Å²) in [4.78, 5) is 1.56. The Morgan fingerprint density at radius 3 is 2.44 bits per heavy atom. The van der Waals surface area contributed by atoms with Crippen LogP contribution in [0.25, 0.3) is 0 Å². The molecule has 1 saturated carbocycles. The summed E-state index contributed by atoms with van der Waals surface area (Å²) in [5, 5.41) is 3.44. The molecule has 0 radical (unpaired) electrons. The van der Waals surface area contributed by atoms with Crippen LogP contribution in [0.4, 0.5) is 13.2 Å². The van der Waals surface area contributed by atoms with Crippen LogP contribution in [0.5, 0.6) is 0 Å². The second-order valence-electron chi connectivity index (χ2n) is 5.09. The van der Waals surface area contributed by atoms with Crippen LogP contribution >= 0.6 is 0 Å². The highest BCUT2D eigenvalue weighted by Gasteiger charge is 2.39. The van der Waals surface area contributed by atoms with E-state index >= 15 is 0 Å². The maximum Gasteiger partial charge on any atom is 0.401 e. The van der Waals surface area contributed by atoms with Gasteiger partial charge in [0.1, 0.15) is 0 Å². The van der Waals surface area contributed by atoms with Gasteiger partial charge in [0.2, 0.25) is 0 Å². The third-order valence-corrected chi connectivity index (χ3v) is 3.67. The third kappa shape index (κ3) is 3.10. The fraction of sp³-hybridized carbons (Fsp3) is 1.00. The van der Waals surface area contributed by atoms with E-state index in [0.29, 0.717) is 19.6 Å². The Morgan fingerprint density at radius 1 is 1.12 bits per heavy atom. The normalized spacial score (nSPS) is 27.2. The maximum atomic E-state index is 12.3. The lowest BCUT2D eigenvalue weighted by atomic mass is 9.80. The van der Waals surface area contributed by atoms with Crippen molar-refractivity contribution >= 4 is 0 Å². The lowest BCUT2D eigenvalue weighted by Gasteiger charge is -2.46. The van der Waals surface area contributed by atoms with Gasteiger partial charge in [0.05, 0.1) is 6.54 Å². The fourth-order valence-corrected chi connectivity index (χ4v) is 2.99. The van der Waals surface area contributed by atoms with E-state index in [9.17, 15) is 13.2 Å². The van der Waals surface area contributed by atoms with Crippen molar-refractivity contribution in [1.82, 2.24) is 10.2 Å². The van der Waals surface area contributed by atoms with Crippen molar-refractivity contribution in [3.63, 3.8) is 0 Å². The minimum absolute atomic E-state index is 0.0260. The summed E-state index contributed by atoms with van der Waals surface area (Å²) in [5.41, 5.74) is -0.0260. The van der Waals surface area contributed by atoms with Crippen LogP contribution in [0.3, 0.4) is 0 Å². The topological polar surface area (TPSA) is 15.3 Å². The highest BCUT2D eigenvalue weighted by atomic mass is 19.4. The summed E-state index contributed by atoms with van der Waals surface area (Å²) in [6.45, 7) is 1.01. The van der Waals surface area contributed by atoms with Gasteiger partial charge in [-0.2, -0.15) is 13.2 Å². The minimum Gasteiger partial charge on any atom is -0.309 e. The summed E-state index contributed by atoms with van der Waals surface area (Å²) in [7, 11) is 0. The van der Waals surface area contributed by atoms with E-state index in [0.717, 1.165) is 25.7 Å².